The van der Waals surface area contributed by atoms with E-state index >= 15 is 0 Å². The number of unbranched alkanes of at least 4 members (excludes halogenated alkanes) is 2. The summed E-state index contributed by atoms with van der Waals surface area (Å²) in [5, 5.41) is 0. The average Bonchev–Trinajstić information content (AvgIpc) is 3.11. The summed E-state index contributed by atoms with van der Waals surface area (Å²) >= 11 is 0. The van der Waals surface area contributed by atoms with Crippen molar-refractivity contribution in [3.05, 3.63) is 59.7 Å². The van der Waals surface area contributed by atoms with Gasteiger partial charge in [-0.1, -0.05) is 26.7 Å². The lowest BCUT2D eigenvalue weighted by molar-refractivity contribution is 0.0718. The summed E-state index contributed by atoms with van der Waals surface area (Å²) in [4.78, 5) is 29.6. The minimum absolute atomic E-state index is 0.00186. The molecule has 0 radical (unpaired) electrons. The Morgan fingerprint density at radius 2 is 1.06 bits per heavy atom. The molecule has 0 unspecified atom stereocenters. The Balaban J connectivity index is 1.53. The van der Waals surface area contributed by atoms with Crippen molar-refractivity contribution < 1.29 is 19.1 Å². The van der Waals surface area contributed by atoms with Gasteiger partial charge in [0, 0.05) is 37.3 Å². The molecule has 0 bridgehead atoms. The third-order valence-corrected chi connectivity index (χ3v) is 5.81. The predicted octanol–water partition coefficient (Wildman–Crippen LogP) is 5.03. The van der Waals surface area contributed by atoms with E-state index in [0.29, 0.717) is 50.5 Å². The molecule has 6 nitrogen and oxygen atoms in total. The van der Waals surface area contributed by atoms with Gasteiger partial charge < -0.3 is 19.3 Å². The summed E-state index contributed by atoms with van der Waals surface area (Å²) in [5.41, 5.74) is 1.30. The largest absolute Gasteiger partial charge is 0.494 e. The van der Waals surface area contributed by atoms with Gasteiger partial charge in [0.25, 0.3) is 11.8 Å². The monoisotopic (exact) mass is 452 g/mol. The lowest BCUT2D eigenvalue weighted by atomic mass is 10.2. The van der Waals surface area contributed by atoms with Gasteiger partial charge in [-0.05, 0) is 67.8 Å². The Morgan fingerprint density at radius 3 is 1.42 bits per heavy atom. The average molecular weight is 453 g/mol. The number of amides is 2. The molecule has 0 aromatic heterocycles. The molecule has 1 heterocycles. The normalized spacial score (nSPS) is 14.0. The number of ether oxygens (including phenoxy) is 2. The second-order valence-corrected chi connectivity index (χ2v) is 8.39. The SMILES string of the molecule is CCCCOc1ccc(C(=O)N2CCCN(C(=O)c3ccc(OCCCC)cc3)CC2)cc1. The van der Waals surface area contributed by atoms with Crippen molar-refractivity contribution in [3.8, 4) is 11.5 Å². The molecule has 0 spiro atoms. The molecular weight excluding hydrogens is 416 g/mol. The van der Waals surface area contributed by atoms with Gasteiger partial charge in [-0.2, -0.15) is 0 Å². The van der Waals surface area contributed by atoms with E-state index in [1.807, 2.05) is 58.3 Å². The standard InChI is InChI=1S/C27H36N2O4/c1-3-5-20-32-24-12-8-22(9-13-24)26(30)28-16-7-17-29(19-18-28)27(31)23-10-14-25(15-11-23)33-21-6-4-2/h8-15H,3-7,16-21H2,1-2H3. The number of nitrogens with zero attached hydrogens (tertiary/aromatic N) is 2. The van der Waals surface area contributed by atoms with Gasteiger partial charge in [-0.15, -0.1) is 0 Å². The van der Waals surface area contributed by atoms with E-state index in [4.69, 9.17) is 9.47 Å². The molecule has 2 aromatic carbocycles. The number of carbonyl (C=O) groups excluding carboxylic acids is 2. The van der Waals surface area contributed by atoms with Crippen molar-refractivity contribution in [2.75, 3.05) is 39.4 Å². The number of hydrogen-bond acceptors (Lipinski definition) is 4. The van der Waals surface area contributed by atoms with E-state index in [1.54, 1.807) is 0 Å². The first-order valence-corrected chi connectivity index (χ1v) is 12.2. The van der Waals surface area contributed by atoms with Gasteiger partial charge in [0.05, 0.1) is 13.2 Å². The van der Waals surface area contributed by atoms with Crippen molar-refractivity contribution in [3.63, 3.8) is 0 Å². The summed E-state index contributed by atoms with van der Waals surface area (Å²) < 4.78 is 11.4. The Hall–Kier alpha value is -3.02. The van der Waals surface area contributed by atoms with Crippen molar-refractivity contribution in [1.29, 1.82) is 0 Å². The van der Waals surface area contributed by atoms with E-state index in [-0.39, 0.29) is 11.8 Å². The van der Waals surface area contributed by atoms with Crippen LogP contribution in [0.3, 0.4) is 0 Å². The summed E-state index contributed by atoms with van der Waals surface area (Å²) in [6.45, 7) is 7.96. The molecule has 1 saturated heterocycles. The maximum absolute atomic E-state index is 13.0. The van der Waals surface area contributed by atoms with Crippen molar-refractivity contribution in [2.45, 2.75) is 46.0 Å². The minimum Gasteiger partial charge on any atom is -0.494 e. The first-order chi connectivity index (χ1) is 16.1. The van der Waals surface area contributed by atoms with E-state index < -0.39 is 0 Å². The third kappa shape index (κ3) is 7.24. The topological polar surface area (TPSA) is 59.1 Å². The molecule has 0 saturated carbocycles. The van der Waals surface area contributed by atoms with Gasteiger partial charge in [0.15, 0.2) is 0 Å². The molecule has 1 aliphatic rings. The zero-order valence-corrected chi connectivity index (χ0v) is 19.9. The molecule has 1 aliphatic heterocycles. The predicted molar refractivity (Wildman–Crippen MR) is 130 cm³/mol. The van der Waals surface area contributed by atoms with E-state index in [1.165, 1.54) is 0 Å². The van der Waals surface area contributed by atoms with Crippen LogP contribution >= 0.6 is 0 Å². The van der Waals surface area contributed by atoms with Crippen LogP contribution in [0.2, 0.25) is 0 Å². The lowest BCUT2D eigenvalue weighted by Crippen LogP contribution is -2.37. The maximum Gasteiger partial charge on any atom is 0.253 e. The fourth-order valence-electron chi connectivity index (χ4n) is 3.74. The second kappa shape index (κ2) is 12.9. The zero-order chi connectivity index (χ0) is 23.5. The highest BCUT2D eigenvalue weighted by atomic mass is 16.5. The minimum atomic E-state index is -0.00186. The highest BCUT2D eigenvalue weighted by Crippen LogP contribution is 2.18. The maximum atomic E-state index is 13.0. The second-order valence-electron chi connectivity index (χ2n) is 8.39. The third-order valence-electron chi connectivity index (χ3n) is 5.81. The van der Waals surface area contributed by atoms with Crippen molar-refractivity contribution in [2.24, 2.45) is 0 Å². The van der Waals surface area contributed by atoms with Crippen LogP contribution in [0.5, 0.6) is 11.5 Å². The van der Waals surface area contributed by atoms with Crippen LogP contribution < -0.4 is 9.47 Å². The first-order valence-electron chi connectivity index (χ1n) is 12.2. The molecular formula is C27H36N2O4. The zero-order valence-electron chi connectivity index (χ0n) is 19.9. The highest BCUT2D eigenvalue weighted by molar-refractivity contribution is 5.95. The number of rotatable bonds is 10. The summed E-state index contributed by atoms with van der Waals surface area (Å²) in [6, 6.07) is 14.7. The van der Waals surface area contributed by atoms with Crippen molar-refractivity contribution >= 4 is 11.8 Å². The fourth-order valence-corrected chi connectivity index (χ4v) is 3.74. The Labute approximate surface area is 197 Å². The number of carbonyl (C=O) groups is 2. The molecule has 6 heteroatoms. The fraction of sp³-hybridized carbons (Fsp3) is 0.481. The smallest absolute Gasteiger partial charge is 0.253 e. The molecule has 3 rings (SSSR count). The van der Waals surface area contributed by atoms with Crippen LogP contribution in [0.25, 0.3) is 0 Å². The molecule has 1 fully saturated rings. The van der Waals surface area contributed by atoms with Crippen molar-refractivity contribution in [1.82, 2.24) is 9.80 Å². The highest BCUT2D eigenvalue weighted by Gasteiger charge is 2.23. The van der Waals surface area contributed by atoms with Gasteiger partial charge >= 0.3 is 0 Å². The van der Waals surface area contributed by atoms with Gasteiger partial charge in [0.2, 0.25) is 0 Å². The molecule has 0 atom stereocenters. The lowest BCUT2D eigenvalue weighted by Gasteiger charge is -2.22. The van der Waals surface area contributed by atoms with Gasteiger partial charge in [0.1, 0.15) is 11.5 Å². The van der Waals surface area contributed by atoms with Crippen LogP contribution in [0.1, 0.15) is 66.7 Å². The van der Waals surface area contributed by atoms with E-state index in [0.717, 1.165) is 43.6 Å². The number of hydrogen-bond donors (Lipinski definition) is 0. The molecule has 0 aliphatic carbocycles. The summed E-state index contributed by atoms with van der Waals surface area (Å²) in [7, 11) is 0. The Morgan fingerprint density at radius 1 is 0.667 bits per heavy atom. The summed E-state index contributed by atoms with van der Waals surface area (Å²) in [5.74, 6) is 1.57. The molecule has 2 aromatic rings. The summed E-state index contributed by atoms with van der Waals surface area (Å²) in [6.07, 6.45) is 4.96. The van der Waals surface area contributed by atoms with Crippen LogP contribution in [0.4, 0.5) is 0 Å². The first kappa shape index (κ1) is 24.6. The van der Waals surface area contributed by atoms with Gasteiger partial charge in [-0.3, -0.25) is 9.59 Å². The molecule has 178 valence electrons. The van der Waals surface area contributed by atoms with Crippen LogP contribution in [0, 0.1) is 0 Å². The quantitative estimate of drug-likeness (QED) is 0.474. The van der Waals surface area contributed by atoms with E-state index in [9.17, 15) is 9.59 Å². The molecule has 0 N–H and O–H groups in total. The van der Waals surface area contributed by atoms with Crippen LogP contribution in [-0.4, -0.2) is 61.0 Å². The Bertz CT molecular complexity index is 806. The van der Waals surface area contributed by atoms with E-state index in [2.05, 4.69) is 13.8 Å². The Kier molecular flexibility index (Phi) is 9.60. The molecule has 2 amide bonds. The van der Waals surface area contributed by atoms with Gasteiger partial charge in [-0.25, -0.2) is 0 Å². The number of benzene rings is 2. The molecule has 33 heavy (non-hydrogen) atoms. The van der Waals surface area contributed by atoms with Crippen LogP contribution in [-0.2, 0) is 0 Å². The van der Waals surface area contributed by atoms with Crippen LogP contribution in [0.15, 0.2) is 48.5 Å².